The van der Waals surface area contributed by atoms with E-state index < -0.39 is 51.1 Å². The predicted octanol–water partition coefficient (Wildman–Crippen LogP) is 13.1. The maximum absolute atomic E-state index is 12.6. The fraction of sp³-hybridized carbons (Fsp3) is 0.660. The number of carboxylic acids is 1. The molecule has 1 unspecified atom stereocenters. The van der Waals surface area contributed by atoms with Gasteiger partial charge in [0.05, 0.1) is 13.2 Å². The van der Waals surface area contributed by atoms with E-state index in [2.05, 4.69) is 91.3 Å². The molecule has 0 saturated heterocycles. The number of phosphoric ester groups is 1. The Bertz CT molecular complexity index is 1370. The Hall–Kier alpha value is -3.34. The third-order valence-electron chi connectivity index (χ3n) is 9.63. The number of hydrogen-bond donors (Lipinski definition) is 3. The molecule has 0 amide bonds. The highest BCUT2D eigenvalue weighted by Gasteiger charge is 2.28. The van der Waals surface area contributed by atoms with Crippen molar-refractivity contribution in [3.63, 3.8) is 0 Å². The molecular weight excluding hydrogens is 806 g/mol. The van der Waals surface area contributed by atoms with Crippen molar-refractivity contribution in [2.45, 2.75) is 193 Å². The number of nitrogens with two attached hydrogens (primary N) is 1. The summed E-state index contributed by atoms with van der Waals surface area (Å²) in [5.74, 6) is -2.50. The van der Waals surface area contributed by atoms with Crippen LogP contribution in [0, 0.1) is 0 Å². The molecule has 0 radical (unpaired) electrons. The second-order valence-corrected chi connectivity index (χ2v) is 17.0. The van der Waals surface area contributed by atoms with Gasteiger partial charge in [0.15, 0.2) is 6.10 Å². The van der Waals surface area contributed by atoms with Gasteiger partial charge in [-0.3, -0.25) is 23.4 Å². The largest absolute Gasteiger partial charge is 0.480 e. The van der Waals surface area contributed by atoms with E-state index >= 15 is 0 Å². The van der Waals surface area contributed by atoms with Gasteiger partial charge in [-0.2, -0.15) is 0 Å². The molecule has 0 heterocycles. The van der Waals surface area contributed by atoms with E-state index in [9.17, 15) is 23.8 Å². The topological polar surface area (TPSA) is 172 Å². The number of hydrogen-bond acceptors (Lipinski definition) is 9. The van der Waals surface area contributed by atoms with Crippen LogP contribution in [-0.4, -0.2) is 59.9 Å². The van der Waals surface area contributed by atoms with Crippen molar-refractivity contribution < 1.29 is 47.5 Å². The quantitative estimate of drug-likeness (QED) is 0.0230. The molecule has 11 nitrogen and oxygen atoms in total. The van der Waals surface area contributed by atoms with Gasteiger partial charge in [-0.15, -0.1) is 0 Å². The van der Waals surface area contributed by atoms with Gasteiger partial charge in [-0.1, -0.05) is 170 Å². The molecule has 0 fully saturated rings. The van der Waals surface area contributed by atoms with Crippen LogP contribution in [0.4, 0.5) is 0 Å². The Kier molecular flexibility index (Phi) is 41.9. The van der Waals surface area contributed by atoms with Crippen molar-refractivity contribution >= 4 is 25.7 Å². The minimum atomic E-state index is -4.75. The van der Waals surface area contributed by atoms with Crippen LogP contribution in [-0.2, 0) is 37.5 Å². The molecule has 0 aliphatic rings. The van der Waals surface area contributed by atoms with Gasteiger partial charge in [0, 0.05) is 12.8 Å². The van der Waals surface area contributed by atoms with Gasteiger partial charge >= 0.3 is 25.7 Å². The van der Waals surface area contributed by atoms with E-state index in [1.54, 1.807) is 0 Å². The van der Waals surface area contributed by atoms with Gasteiger partial charge in [0.1, 0.15) is 12.6 Å². The predicted molar refractivity (Wildman–Crippen MR) is 254 cm³/mol. The number of rotatable bonds is 43. The average Bonchev–Trinajstić information content (AvgIpc) is 3.25. The fourth-order valence-electron chi connectivity index (χ4n) is 5.90. The maximum atomic E-state index is 12.6. The smallest absolute Gasteiger partial charge is 0.472 e. The van der Waals surface area contributed by atoms with E-state index in [4.69, 9.17) is 24.8 Å². The first-order chi connectivity index (χ1) is 30.1. The molecule has 0 aromatic heterocycles. The lowest BCUT2D eigenvalue weighted by Crippen LogP contribution is -2.34. The third kappa shape index (κ3) is 43.3. The molecule has 3 atom stereocenters. The van der Waals surface area contributed by atoms with Crippen LogP contribution in [0.3, 0.4) is 0 Å². The summed E-state index contributed by atoms with van der Waals surface area (Å²) in [6.45, 7) is 2.67. The number of carbonyl (C=O) groups is 3. The Morgan fingerprint density at radius 2 is 0.887 bits per heavy atom. The molecule has 12 heteroatoms. The minimum Gasteiger partial charge on any atom is -0.480 e. The van der Waals surface area contributed by atoms with Crippen LogP contribution >= 0.6 is 7.82 Å². The van der Waals surface area contributed by atoms with Crippen molar-refractivity contribution in [3.8, 4) is 0 Å². The molecule has 354 valence electrons. The summed E-state index contributed by atoms with van der Waals surface area (Å²) in [6, 6.07) is -1.54. The van der Waals surface area contributed by atoms with Gasteiger partial charge in [0.2, 0.25) is 0 Å². The molecule has 0 saturated carbocycles. The summed E-state index contributed by atoms with van der Waals surface area (Å²) in [5, 5.41) is 8.90. The lowest BCUT2D eigenvalue weighted by atomic mass is 10.1. The average molecular weight is 890 g/mol. The number of unbranched alkanes of at least 4 members (excludes halogenated alkanes) is 15. The van der Waals surface area contributed by atoms with Crippen molar-refractivity contribution in [2.75, 3.05) is 19.8 Å². The van der Waals surface area contributed by atoms with Crippen LogP contribution in [0.1, 0.15) is 181 Å². The number of phosphoric acid groups is 1. The number of esters is 2. The molecule has 0 spiro atoms. The van der Waals surface area contributed by atoms with Crippen molar-refractivity contribution in [1.82, 2.24) is 0 Å². The molecular formula is C50H84NO10P. The van der Waals surface area contributed by atoms with Gasteiger partial charge in [-0.05, 0) is 83.5 Å². The molecule has 0 aromatic carbocycles. The molecule has 4 N–H and O–H groups in total. The van der Waals surface area contributed by atoms with E-state index in [1.165, 1.54) is 77.0 Å². The number of carboxylic acid groups (broad SMARTS) is 1. The molecule has 0 aliphatic heterocycles. The number of carbonyl (C=O) groups excluding carboxylic acids is 2. The van der Waals surface area contributed by atoms with Crippen LogP contribution in [0.15, 0.2) is 85.1 Å². The molecule has 0 aliphatic carbocycles. The second-order valence-electron chi connectivity index (χ2n) is 15.5. The summed E-state index contributed by atoms with van der Waals surface area (Å²) in [5.41, 5.74) is 5.34. The standard InChI is InChI=1S/C50H84NO10P/c1-3-5-7-9-11-13-15-17-19-21-23-25-27-29-31-33-35-37-39-41-48(52)58-43-46(44-59-62(56,57)60-45-47(51)50(54)55)61-49(53)42-40-38-36-34-32-30-28-26-24-22-20-18-16-14-12-10-8-6-4-2/h11-14,17-20,24,26,30,32,36,38,46-47H,3-10,15-16,21-23,25,27-29,31,33-35,37,39-45,51H2,1-2H3,(H,54,55)(H,56,57)/b13-11+,14-12+,19-17+,20-18+,26-24+,32-30+,38-36+/t46-,47+/m1/s1. The first-order valence-electron chi connectivity index (χ1n) is 23.6. The summed E-state index contributed by atoms with van der Waals surface area (Å²) in [7, 11) is -4.75. The summed E-state index contributed by atoms with van der Waals surface area (Å²) >= 11 is 0. The zero-order valence-corrected chi connectivity index (χ0v) is 39.3. The van der Waals surface area contributed by atoms with Crippen LogP contribution < -0.4 is 5.73 Å². The number of ether oxygens (including phenoxy) is 2. The first-order valence-corrected chi connectivity index (χ1v) is 25.1. The van der Waals surface area contributed by atoms with Crippen LogP contribution in [0.5, 0.6) is 0 Å². The molecule has 0 rings (SSSR count). The summed E-state index contributed by atoms with van der Waals surface area (Å²) in [6.07, 6.45) is 55.1. The van der Waals surface area contributed by atoms with Gasteiger partial charge < -0.3 is 25.2 Å². The van der Waals surface area contributed by atoms with E-state index in [0.29, 0.717) is 19.3 Å². The zero-order valence-electron chi connectivity index (χ0n) is 38.4. The minimum absolute atomic E-state index is 0.0328. The van der Waals surface area contributed by atoms with Crippen molar-refractivity contribution in [1.29, 1.82) is 0 Å². The summed E-state index contributed by atoms with van der Waals surface area (Å²) < 4.78 is 32.7. The van der Waals surface area contributed by atoms with Gasteiger partial charge in [-0.25, -0.2) is 4.57 Å². The van der Waals surface area contributed by atoms with Crippen molar-refractivity contribution in [2.24, 2.45) is 5.73 Å². The molecule has 62 heavy (non-hydrogen) atoms. The maximum Gasteiger partial charge on any atom is 0.472 e. The van der Waals surface area contributed by atoms with Crippen LogP contribution in [0.25, 0.3) is 0 Å². The molecule has 0 aromatic rings. The monoisotopic (exact) mass is 890 g/mol. The third-order valence-corrected chi connectivity index (χ3v) is 10.6. The normalized spacial score (nSPS) is 14.4. The molecule has 0 bridgehead atoms. The zero-order chi connectivity index (χ0) is 45.6. The highest BCUT2D eigenvalue weighted by Crippen LogP contribution is 2.43. The van der Waals surface area contributed by atoms with Crippen molar-refractivity contribution in [3.05, 3.63) is 85.1 Å². The highest BCUT2D eigenvalue weighted by atomic mass is 31.2. The van der Waals surface area contributed by atoms with E-state index in [0.717, 1.165) is 57.8 Å². The Labute approximate surface area is 375 Å². The summed E-state index contributed by atoms with van der Waals surface area (Å²) in [4.78, 5) is 46.0. The van der Waals surface area contributed by atoms with Gasteiger partial charge in [0.25, 0.3) is 0 Å². The van der Waals surface area contributed by atoms with E-state index in [1.807, 2.05) is 12.2 Å². The lowest BCUT2D eigenvalue weighted by Gasteiger charge is -2.20. The van der Waals surface area contributed by atoms with Crippen LogP contribution in [0.2, 0.25) is 0 Å². The second kappa shape index (κ2) is 44.3. The fourth-order valence-corrected chi connectivity index (χ4v) is 6.68. The lowest BCUT2D eigenvalue weighted by molar-refractivity contribution is -0.161. The Morgan fingerprint density at radius 1 is 0.500 bits per heavy atom. The first kappa shape index (κ1) is 58.7. The highest BCUT2D eigenvalue weighted by molar-refractivity contribution is 7.47. The SMILES string of the molecule is CCCCC/C=C/C/C=C/C/C=C/C/C=C/C/C=C/CCC(=O)O[C@H](COC(=O)CCCCCCCCCCC/C=C/C/C=C/CCCCC)COP(=O)(O)OC[C@H](N)C(=O)O. The number of allylic oxidation sites excluding steroid dienone is 14. The number of aliphatic carboxylic acids is 1. The van der Waals surface area contributed by atoms with E-state index in [-0.39, 0.29) is 19.4 Å². The Morgan fingerprint density at radius 3 is 1.34 bits per heavy atom. The Balaban J connectivity index is 4.45.